The number of Topliss-reactive ketones (excluding diaryl/α,β-unsaturated/α-hetero) is 1. The number of aliphatic imine (C=N–C) groups is 1. The molecule has 4 amide bonds. The molecule has 608 valence electrons. The summed E-state index contributed by atoms with van der Waals surface area (Å²) in [7, 11) is -1.90. The van der Waals surface area contributed by atoms with Gasteiger partial charge in [0.05, 0.1) is 129 Å². The van der Waals surface area contributed by atoms with Crippen LogP contribution in [0.15, 0.2) is 88.3 Å². The first-order valence-corrected chi connectivity index (χ1v) is 38.9. The van der Waals surface area contributed by atoms with Gasteiger partial charge in [-0.3, -0.25) is 33.6 Å². The van der Waals surface area contributed by atoms with Crippen molar-refractivity contribution in [2.24, 2.45) is 28.3 Å². The van der Waals surface area contributed by atoms with E-state index in [1.54, 1.807) is 56.3 Å². The summed E-state index contributed by atoms with van der Waals surface area (Å²) in [6.45, 7) is 15.2. The fourth-order valence-electron chi connectivity index (χ4n) is 11.5. The first-order valence-electron chi connectivity index (χ1n) is 37.4. The lowest BCUT2D eigenvalue weighted by molar-refractivity contribution is -0.145. The minimum atomic E-state index is -3.85. The summed E-state index contributed by atoms with van der Waals surface area (Å²) >= 11 is 0. The minimum Gasteiger partial charge on any atom is -0.461 e. The quantitative estimate of drug-likeness (QED) is 0.0108. The monoisotopic (exact) mass is 1570 g/mol. The standard InChI is InChI=1S/C78H108F4N8O19S/c1-6-25-89(26-7-2)78(97)61-46-60-21-20-59(48-66(60)85-68(83)49-61)58-11-10-12-62(47-58)110(98,99)90-51-57(52-90)19-22-71(94)108-53-56-17-15-55(16-18-56)45-67(91)65(13-8-9-14-69(84)92)86-77(96)75(54(3)4)87-70(93)23-29-100-33-37-104-41-43-106-39-35-102-31-27-88(5)28-32-103-36-40-107-44-42-105-38-34-101-30-24-72(95)109-76-73(81)63(79)50-64(80)74(76)82/h10-12,15-18,20-21,46-48,50,54,57,65,75H,6-9,13-14,19,22-45,49,51-53H2,1-5H3,(H2,83,85)(H2,84,92)(H,86,96)(H,87,93)/t65-,75-/m0/s1. The van der Waals surface area contributed by atoms with Crippen LogP contribution >= 0.6 is 0 Å². The molecule has 2 atom stereocenters. The highest BCUT2D eigenvalue weighted by atomic mass is 32.2. The third-order valence-electron chi connectivity index (χ3n) is 17.6. The van der Waals surface area contributed by atoms with Crippen LogP contribution in [0.3, 0.4) is 0 Å². The second-order valence-corrected chi connectivity index (χ2v) is 28.9. The number of benzene rings is 4. The van der Waals surface area contributed by atoms with Crippen LogP contribution in [0.4, 0.5) is 23.2 Å². The first kappa shape index (κ1) is 90.7. The lowest BCUT2D eigenvalue weighted by Gasteiger charge is -2.38. The number of amides is 4. The Morgan fingerprint density at radius 2 is 1.17 bits per heavy atom. The molecular weight excluding hydrogens is 1460 g/mol. The number of ketones is 1. The van der Waals surface area contributed by atoms with Gasteiger partial charge in [-0.25, -0.2) is 22.2 Å². The van der Waals surface area contributed by atoms with Crippen LogP contribution in [0.25, 0.3) is 17.2 Å². The molecule has 2 aliphatic heterocycles. The van der Waals surface area contributed by atoms with E-state index in [4.69, 9.17) is 54.1 Å². The van der Waals surface area contributed by atoms with Crippen molar-refractivity contribution >= 4 is 69.0 Å². The summed E-state index contributed by atoms with van der Waals surface area (Å²) < 4.78 is 137. The molecule has 27 nitrogen and oxygen atoms in total. The lowest BCUT2D eigenvalue weighted by Crippen LogP contribution is -2.54. The Balaban J connectivity index is 0.771. The summed E-state index contributed by atoms with van der Waals surface area (Å²) in [4.78, 5) is 99.1. The number of amidine groups is 1. The van der Waals surface area contributed by atoms with Crippen LogP contribution in [-0.2, 0) is 99.2 Å². The maximum absolute atomic E-state index is 13.9. The zero-order valence-electron chi connectivity index (χ0n) is 63.7. The van der Waals surface area contributed by atoms with Crippen LogP contribution in [-0.4, -0.2) is 234 Å². The van der Waals surface area contributed by atoms with Crippen molar-refractivity contribution in [2.45, 2.75) is 128 Å². The first-order chi connectivity index (χ1) is 52.9. The van der Waals surface area contributed by atoms with Crippen LogP contribution in [0.5, 0.6) is 5.75 Å². The number of sulfonamides is 1. The number of esters is 2. The predicted molar refractivity (Wildman–Crippen MR) is 401 cm³/mol. The Hall–Kier alpha value is -8.15. The lowest BCUT2D eigenvalue weighted by atomic mass is 9.96. The highest BCUT2D eigenvalue weighted by Crippen LogP contribution is 2.35. The molecule has 4 aromatic carbocycles. The highest BCUT2D eigenvalue weighted by molar-refractivity contribution is 7.89. The van der Waals surface area contributed by atoms with Crippen LogP contribution in [0.2, 0.25) is 0 Å². The van der Waals surface area contributed by atoms with E-state index in [-0.39, 0.29) is 139 Å². The number of hydrogen-bond acceptors (Lipinski definition) is 22. The molecular formula is C78H108F4N8O19S. The van der Waals surface area contributed by atoms with E-state index in [1.807, 2.05) is 56.1 Å². The smallest absolute Gasteiger partial charge is 0.313 e. The van der Waals surface area contributed by atoms with Gasteiger partial charge in [-0.05, 0) is 97.5 Å². The topological polar surface area (TPSA) is 344 Å². The number of fused-ring (bicyclic) bond motifs is 1. The van der Waals surface area contributed by atoms with Gasteiger partial charge in [0.2, 0.25) is 51.0 Å². The molecule has 0 bridgehead atoms. The number of nitrogens with two attached hydrogens (primary N) is 2. The van der Waals surface area contributed by atoms with E-state index < -0.39 is 87.2 Å². The van der Waals surface area contributed by atoms with Crippen molar-refractivity contribution in [1.29, 1.82) is 0 Å². The number of carbonyl (C=O) groups is 7. The largest absolute Gasteiger partial charge is 0.461 e. The molecule has 6 N–H and O–H groups in total. The van der Waals surface area contributed by atoms with Crippen molar-refractivity contribution < 1.29 is 107 Å². The molecule has 2 aliphatic rings. The molecule has 0 unspecified atom stereocenters. The number of halogens is 4. The number of rotatable bonds is 56. The number of nitrogens with zero attached hydrogens (tertiary/aromatic N) is 4. The number of unbranched alkanes of at least 4 members (excludes halogenated alkanes) is 1. The van der Waals surface area contributed by atoms with Crippen molar-refractivity contribution in [3.8, 4) is 16.9 Å². The van der Waals surface area contributed by atoms with Gasteiger partial charge in [-0.15, -0.1) is 0 Å². The Morgan fingerprint density at radius 1 is 0.627 bits per heavy atom. The summed E-state index contributed by atoms with van der Waals surface area (Å²) in [5, 5.41) is 5.63. The fraction of sp³-hybridized carbons (Fsp3) is 0.564. The Kier molecular flexibility index (Phi) is 40.6. The minimum absolute atomic E-state index is 0.00897. The van der Waals surface area contributed by atoms with Gasteiger partial charge in [0.25, 0.3) is 0 Å². The van der Waals surface area contributed by atoms with Gasteiger partial charge in [0.1, 0.15) is 18.5 Å². The normalized spacial score (nSPS) is 13.7. The molecule has 2 heterocycles. The van der Waals surface area contributed by atoms with E-state index in [0.29, 0.717) is 139 Å². The van der Waals surface area contributed by atoms with Gasteiger partial charge in [0, 0.05) is 88.6 Å². The van der Waals surface area contributed by atoms with Gasteiger partial charge in [0.15, 0.2) is 17.4 Å². The van der Waals surface area contributed by atoms with Crippen molar-refractivity contribution in [3.05, 3.63) is 118 Å². The average Bonchev–Trinajstić information content (AvgIpc) is 1.65. The highest BCUT2D eigenvalue weighted by Gasteiger charge is 2.37. The molecule has 0 saturated carbocycles. The second-order valence-electron chi connectivity index (χ2n) is 26.9. The number of ether oxygens (including phenoxy) is 10. The third kappa shape index (κ3) is 32.3. The number of primary amides is 1. The molecule has 1 saturated heterocycles. The number of likely N-dealkylation sites (N-methyl/N-ethyl adjacent to an activating group) is 1. The van der Waals surface area contributed by atoms with Crippen LogP contribution < -0.4 is 26.8 Å². The van der Waals surface area contributed by atoms with Gasteiger partial charge >= 0.3 is 11.9 Å². The summed E-state index contributed by atoms with van der Waals surface area (Å²) in [5.74, 6) is -11.9. The molecule has 0 aromatic heterocycles. The third-order valence-corrected chi connectivity index (χ3v) is 19.5. The van der Waals surface area contributed by atoms with Gasteiger partial charge in [-0.1, -0.05) is 82.6 Å². The van der Waals surface area contributed by atoms with Crippen molar-refractivity contribution in [3.63, 3.8) is 0 Å². The van der Waals surface area contributed by atoms with Gasteiger partial charge in [-0.2, -0.15) is 13.1 Å². The Bertz CT molecular complexity index is 3740. The van der Waals surface area contributed by atoms with Crippen LogP contribution in [0, 0.1) is 35.1 Å². The van der Waals surface area contributed by atoms with E-state index in [0.717, 1.165) is 24.0 Å². The molecule has 6 rings (SSSR count). The number of hydrogen-bond donors (Lipinski definition) is 4. The van der Waals surface area contributed by atoms with E-state index in [1.165, 1.54) is 4.31 Å². The number of carbonyl (C=O) groups excluding carboxylic acids is 7. The summed E-state index contributed by atoms with van der Waals surface area (Å²) in [6, 6.07) is 17.4. The van der Waals surface area contributed by atoms with E-state index in [2.05, 4.69) is 25.3 Å². The average molecular weight is 1570 g/mol. The maximum Gasteiger partial charge on any atom is 0.313 e. The summed E-state index contributed by atoms with van der Waals surface area (Å²) in [6.07, 6.45) is 4.93. The number of nitrogens with one attached hydrogen (secondary N) is 2. The molecule has 110 heavy (non-hydrogen) atoms. The van der Waals surface area contributed by atoms with E-state index >= 15 is 0 Å². The SMILES string of the molecule is CCCN(CCC)C(=O)C1=Cc2ccc(-c3cccc(S(=O)(=O)N4CC(CCC(=O)OCc5ccc(CC(=O)[C@H](CCCCC(N)=O)NC(=O)[C@@H](NC(=O)CCOCCOCCOCCOCCN(C)CCOCCOCCOCCOCCC(=O)Oc6c(F)c(F)cc(F)c6F)C(C)C)cc5)C4)c3)cc2N=C(N)C1. The Labute approximate surface area is 641 Å². The molecule has 0 aliphatic carbocycles. The maximum atomic E-state index is 13.9. The van der Waals surface area contributed by atoms with E-state index in [9.17, 15) is 59.5 Å². The summed E-state index contributed by atoms with van der Waals surface area (Å²) in [5.41, 5.74) is 16.3. The molecule has 0 radical (unpaired) electrons. The van der Waals surface area contributed by atoms with Crippen molar-refractivity contribution in [1.82, 2.24) is 24.7 Å². The molecule has 4 aromatic rings. The molecule has 1 fully saturated rings. The van der Waals surface area contributed by atoms with Crippen LogP contribution in [0.1, 0.15) is 115 Å². The second kappa shape index (κ2) is 49.3. The molecule has 32 heteroatoms. The molecule has 0 spiro atoms. The van der Waals surface area contributed by atoms with Gasteiger partial charge < -0.3 is 79.3 Å². The zero-order valence-corrected chi connectivity index (χ0v) is 64.5. The zero-order chi connectivity index (χ0) is 79.8. The fourth-order valence-corrected chi connectivity index (χ4v) is 13.1. The van der Waals surface area contributed by atoms with Crippen molar-refractivity contribution in [2.75, 3.05) is 152 Å². The Morgan fingerprint density at radius 3 is 1.74 bits per heavy atom. The predicted octanol–water partition coefficient (Wildman–Crippen LogP) is 7.71.